The molecule has 0 saturated heterocycles. The average Bonchev–Trinajstić information content (AvgIpc) is 2.61. The van der Waals surface area contributed by atoms with Crippen LogP contribution in [-0.4, -0.2) is 25.2 Å². The Hall–Kier alpha value is -0.0800. The van der Waals surface area contributed by atoms with Gasteiger partial charge in [-0.05, 0) is 71.0 Å². The van der Waals surface area contributed by atoms with Crippen LogP contribution in [0.1, 0.15) is 122 Å². The summed E-state index contributed by atoms with van der Waals surface area (Å²) in [4.78, 5) is 0. The normalized spacial score (nSPS) is 33.4. The van der Waals surface area contributed by atoms with Gasteiger partial charge in [-0.3, -0.25) is 0 Å². The van der Waals surface area contributed by atoms with E-state index in [9.17, 15) is 0 Å². The van der Waals surface area contributed by atoms with Crippen molar-refractivity contribution in [3.63, 3.8) is 0 Å². The topological polar surface area (TPSA) is 24.1 Å². The van der Waals surface area contributed by atoms with Crippen molar-refractivity contribution in [2.24, 2.45) is 45.3 Å². The monoisotopic (exact) mass is 448 g/mol. The van der Waals surface area contributed by atoms with Crippen LogP contribution in [0, 0.1) is 45.3 Å². The molecule has 0 spiro atoms. The Morgan fingerprint density at radius 3 is 0.844 bits per heavy atom. The highest BCUT2D eigenvalue weighted by Gasteiger charge is 2.45. The summed E-state index contributed by atoms with van der Waals surface area (Å²) >= 11 is 0. The summed E-state index contributed by atoms with van der Waals surface area (Å²) in [5.41, 5.74) is 1.47. The van der Waals surface area contributed by atoms with Gasteiger partial charge in [0.15, 0.2) is 0 Å². The highest BCUT2D eigenvalue weighted by atomic mass is 15.0. The Morgan fingerprint density at radius 1 is 0.438 bits per heavy atom. The number of hydrogen-bond acceptors (Lipinski definition) is 2. The molecule has 2 heteroatoms. The molecule has 32 heavy (non-hydrogen) atoms. The fraction of sp³-hybridized carbons (Fsp3) is 1.00. The third kappa shape index (κ3) is 7.21. The predicted molar refractivity (Wildman–Crippen MR) is 143 cm³/mol. The fourth-order valence-corrected chi connectivity index (χ4v) is 7.33. The van der Waals surface area contributed by atoms with E-state index in [0.717, 1.165) is 36.8 Å². The largest absolute Gasteiger partial charge is 0.312 e. The third-order valence-electron chi connectivity index (χ3n) is 9.13. The van der Waals surface area contributed by atoms with Gasteiger partial charge in [-0.25, -0.2) is 0 Å². The Labute approximate surface area is 202 Å². The zero-order valence-corrected chi connectivity index (χ0v) is 24.1. The molecule has 2 rings (SSSR count). The van der Waals surface area contributed by atoms with Gasteiger partial charge in [-0.1, -0.05) is 95.9 Å². The van der Waals surface area contributed by atoms with Crippen LogP contribution < -0.4 is 10.6 Å². The van der Waals surface area contributed by atoms with E-state index in [-0.39, 0.29) is 0 Å². The maximum absolute atomic E-state index is 4.12. The molecule has 2 saturated carbocycles. The first-order chi connectivity index (χ1) is 14.4. The van der Waals surface area contributed by atoms with Crippen molar-refractivity contribution in [3.8, 4) is 0 Å². The quantitative estimate of drug-likeness (QED) is 0.417. The van der Waals surface area contributed by atoms with Crippen molar-refractivity contribution in [3.05, 3.63) is 0 Å². The van der Waals surface area contributed by atoms with Crippen molar-refractivity contribution in [2.45, 2.75) is 134 Å². The van der Waals surface area contributed by atoms with E-state index >= 15 is 0 Å². The summed E-state index contributed by atoms with van der Waals surface area (Å²) in [5.74, 6) is 3.05. The van der Waals surface area contributed by atoms with Gasteiger partial charge in [0, 0.05) is 25.2 Å². The second-order valence-electron chi connectivity index (χ2n) is 15.7. The van der Waals surface area contributed by atoms with Crippen LogP contribution in [0.4, 0.5) is 0 Å². The lowest BCUT2D eigenvalue weighted by Gasteiger charge is -2.50. The summed E-state index contributed by atoms with van der Waals surface area (Å²) in [6.45, 7) is 31.7. The van der Waals surface area contributed by atoms with Gasteiger partial charge in [0.2, 0.25) is 0 Å². The van der Waals surface area contributed by atoms with E-state index in [2.05, 4.69) is 93.7 Å². The SMILES string of the molecule is CC(C)(C)C1CCCC(C(C)(C)C)C1NCCNC1C(C(C)(C)C)CCCC1C(C)(C)C. The summed E-state index contributed by atoms with van der Waals surface area (Å²) in [6, 6.07) is 1.27. The standard InChI is InChI=1S/C30H60N2/c1-27(2,3)21-15-13-16-22(28(4,5)6)25(21)31-19-20-32-26-23(29(7,8)9)17-14-18-24(26)30(10,11)12/h21-26,31-32H,13-20H2,1-12H3. The number of rotatable bonds is 5. The van der Waals surface area contributed by atoms with E-state index < -0.39 is 0 Å². The molecule has 0 radical (unpaired) electrons. The lowest BCUT2D eigenvalue weighted by atomic mass is 9.60. The van der Waals surface area contributed by atoms with Gasteiger partial charge in [0.25, 0.3) is 0 Å². The van der Waals surface area contributed by atoms with Crippen molar-refractivity contribution >= 4 is 0 Å². The molecule has 0 aromatic heterocycles. The Morgan fingerprint density at radius 2 is 0.656 bits per heavy atom. The maximum atomic E-state index is 4.12. The first-order valence-electron chi connectivity index (χ1n) is 13.9. The Kier molecular flexibility index (Phi) is 9.04. The van der Waals surface area contributed by atoms with E-state index in [1.54, 1.807) is 0 Å². The van der Waals surface area contributed by atoms with Gasteiger partial charge in [0.1, 0.15) is 0 Å². The summed E-state index contributed by atoms with van der Waals surface area (Å²) in [6.07, 6.45) is 8.29. The van der Waals surface area contributed by atoms with Crippen molar-refractivity contribution in [2.75, 3.05) is 13.1 Å². The van der Waals surface area contributed by atoms with E-state index in [0.29, 0.717) is 33.7 Å². The van der Waals surface area contributed by atoms with Crippen LogP contribution in [0.3, 0.4) is 0 Å². The highest BCUT2D eigenvalue weighted by Crippen LogP contribution is 2.47. The molecule has 0 aromatic rings. The van der Waals surface area contributed by atoms with Crippen molar-refractivity contribution in [1.82, 2.24) is 10.6 Å². The van der Waals surface area contributed by atoms with Crippen LogP contribution in [0.5, 0.6) is 0 Å². The van der Waals surface area contributed by atoms with Gasteiger partial charge in [0.05, 0.1) is 0 Å². The van der Waals surface area contributed by atoms with Crippen LogP contribution in [-0.2, 0) is 0 Å². The smallest absolute Gasteiger partial charge is 0.0134 e. The minimum Gasteiger partial charge on any atom is -0.312 e. The molecule has 4 unspecified atom stereocenters. The first-order valence-corrected chi connectivity index (χ1v) is 13.9. The van der Waals surface area contributed by atoms with Gasteiger partial charge < -0.3 is 10.6 Å². The molecule has 0 bridgehead atoms. The van der Waals surface area contributed by atoms with Gasteiger partial charge in [-0.15, -0.1) is 0 Å². The molecule has 2 nitrogen and oxygen atoms in total. The lowest BCUT2D eigenvalue weighted by molar-refractivity contribution is 0.0288. The molecule has 190 valence electrons. The number of hydrogen-bond donors (Lipinski definition) is 2. The summed E-state index contributed by atoms with van der Waals surface area (Å²) < 4.78 is 0. The molecular weight excluding hydrogens is 388 g/mol. The second kappa shape index (κ2) is 10.3. The zero-order chi connectivity index (χ0) is 24.5. The molecule has 2 aliphatic rings. The first kappa shape index (κ1) is 28.2. The van der Waals surface area contributed by atoms with Crippen LogP contribution in [0.2, 0.25) is 0 Å². The van der Waals surface area contributed by atoms with E-state index in [1.165, 1.54) is 38.5 Å². The molecule has 0 aliphatic heterocycles. The minimum absolute atomic E-state index is 0.368. The highest BCUT2D eigenvalue weighted by molar-refractivity contribution is 4.99. The Balaban J connectivity index is 2.09. The van der Waals surface area contributed by atoms with Crippen LogP contribution in [0.15, 0.2) is 0 Å². The molecule has 2 fully saturated rings. The minimum atomic E-state index is 0.368. The number of nitrogens with one attached hydrogen (secondary N) is 2. The molecule has 0 heterocycles. The van der Waals surface area contributed by atoms with Gasteiger partial charge in [-0.2, -0.15) is 0 Å². The predicted octanol–water partition coefficient (Wildman–Crippen LogP) is 7.92. The third-order valence-corrected chi connectivity index (χ3v) is 9.13. The van der Waals surface area contributed by atoms with Crippen molar-refractivity contribution < 1.29 is 0 Å². The van der Waals surface area contributed by atoms with Crippen LogP contribution >= 0.6 is 0 Å². The molecule has 4 atom stereocenters. The molecule has 0 aromatic carbocycles. The fourth-order valence-electron chi connectivity index (χ4n) is 7.33. The molecule has 2 aliphatic carbocycles. The van der Waals surface area contributed by atoms with Gasteiger partial charge >= 0.3 is 0 Å². The van der Waals surface area contributed by atoms with Crippen LogP contribution in [0.25, 0.3) is 0 Å². The van der Waals surface area contributed by atoms with Crippen molar-refractivity contribution in [1.29, 1.82) is 0 Å². The maximum Gasteiger partial charge on any atom is 0.0134 e. The molecular formula is C30H60N2. The average molecular weight is 449 g/mol. The summed E-state index contributed by atoms with van der Waals surface area (Å²) in [5, 5.41) is 8.24. The lowest BCUT2D eigenvalue weighted by Crippen LogP contribution is -2.56. The molecule has 0 amide bonds. The second-order valence-corrected chi connectivity index (χ2v) is 15.7. The summed E-state index contributed by atoms with van der Waals surface area (Å²) in [7, 11) is 0. The van der Waals surface area contributed by atoms with E-state index in [4.69, 9.17) is 0 Å². The van der Waals surface area contributed by atoms with E-state index in [1.807, 2.05) is 0 Å². The molecule has 2 N–H and O–H groups in total. The Bertz CT molecular complexity index is 470. The zero-order valence-electron chi connectivity index (χ0n) is 24.1.